The lowest BCUT2D eigenvalue weighted by atomic mass is 10.2. The lowest BCUT2D eigenvalue weighted by Crippen LogP contribution is -2.33. The number of hydrogen-bond acceptors (Lipinski definition) is 4. The lowest BCUT2D eigenvalue weighted by Gasteiger charge is -2.09. The van der Waals surface area contributed by atoms with Crippen LogP contribution in [0.25, 0.3) is 6.08 Å². The molecule has 19 heavy (non-hydrogen) atoms. The van der Waals surface area contributed by atoms with Gasteiger partial charge < -0.3 is 5.73 Å². The van der Waals surface area contributed by atoms with Crippen LogP contribution in [0.2, 0.25) is 0 Å². The number of nitrogens with zero attached hydrogens (tertiary/aromatic N) is 1. The van der Waals surface area contributed by atoms with Gasteiger partial charge in [0, 0.05) is 17.6 Å². The van der Waals surface area contributed by atoms with Gasteiger partial charge in [0.1, 0.15) is 5.82 Å². The van der Waals surface area contributed by atoms with Crippen LogP contribution in [-0.2, 0) is 4.79 Å². The fourth-order valence-electron chi connectivity index (χ4n) is 1.58. The van der Waals surface area contributed by atoms with E-state index in [4.69, 9.17) is 5.73 Å². The summed E-state index contributed by atoms with van der Waals surface area (Å²) in [5, 5.41) is -0.333. The lowest BCUT2D eigenvalue weighted by molar-refractivity contribution is -0.122. The first kappa shape index (κ1) is 14.2. The highest BCUT2D eigenvalue weighted by Gasteiger charge is 2.34. The quantitative estimate of drug-likeness (QED) is 0.856. The SMILES string of the molecule is NCCN1C(=O)S/C(=C\c2ccc(F)cc2Br)C1=O. The summed E-state index contributed by atoms with van der Waals surface area (Å²) in [6.07, 6.45) is 1.56. The minimum absolute atomic E-state index is 0.201. The number of rotatable bonds is 3. The molecule has 4 nitrogen and oxygen atoms in total. The summed E-state index contributed by atoms with van der Waals surface area (Å²) in [7, 11) is 0. The van der Waals surface area contributed by atoms with Crippen molar-refractivity contribution in [3.05, 3.63) is 39.0 Å². The fraction of sp³-hybridized carbons (Fsp3) is 0.167. The second-order valence-corrected chi connectivity index (χ2v) is 5.64. The predicted molar refractivity (Wildman–Crippen MR) is 75.8 cm³/mol. The van der Waals surface area contributed by atoms with E-state index < -0.39 is 0 Å². The number of carbonyl (C=O) groups excluding carboxylic acids is 2. The summed E-state index contributed by atoms with van der Waals surface area (Å²) >= 11 is 4.07. The van der Waals surface area contributed by atoms with E-state index in [0.717, 1.165) is 16.7 Å². The minimum atomic E-state index is -0.375. The van der Waals surface area contributed by atoms with E-state index in [0.29, 0.717) is 14.9 Å². The molecular formula is C12H10BrFN2O2S. The molecule has 0 atom stereocenters. The van der Waals surface area contributed by atoms with Crippen LogP contribution in [-0.4, -0.2) is 29.1 Å². The average Bonchev–Trinajstić information content (AvgIpc) is 2.61. The Morgan fingerprint density at radius 2 is 2.16 bits per heavy atom. The molecule has 1 aromatic carbocycles. The molecule has 1 aromatic rings. The Hall–Kier alpha value is -1.18. The zero-order valence-electron chi connectivity index (χ0n) is 9.73. The number of halogens is 2. The molecule has 2 N–H and O–H groups in total. The first-order chi connectivity index (χ1) is 9.02. The van der Waals surface area contributed by atoms with Crippen LogP contribution in [0.4, 0.5) is 9.18 Å². The number of carbonyl (C=O) groups is 2. The zero-order chi connectivity index (χ0) is 14.0. The van der Waals surface area contributed by atoms with Crippen LogP contribution in [0, 0.1) is 5.82 Å². The molecule has 1 aliphatic heterocycles. The third kappa shape index (κ3) is 3.05. The summed E-state index contributed by atoms with van der Waals surface area (Å²) in [5.41, 5.74) is 5.99. The maximum Gasteiger partial charge on any atom is 0.293 e. The molecular weight excluding hydrogens is 335 g/mol. The molecule has 0 aromatic heterocycles. The molecule has 100 valence electrons. The highest BCUT2D eigenvalue weighted by atomic mass is 79.9. The van der Waals surface area contributed by atoms with Crippen molar-refractivity contribution in [1.29, 1.82) is 0 Å². The Bertz CT molecular complexity index is 577. The number of hydrogen-bond donors (Lipinski definition) is 1. The number of thioether (sulfide) groups is 1. The molecule has 0 bridgehead atoms. The molecule has 2 amide bonds. The third-order valence-corrected chi connectivity index (χ3v) is 4.07. The van der Waals surface area contributed by atoms with E-state index in [2.05, 4.69) is 15.9 Å². The molecule has 1 heterocycles. The van der Waals surface area contributed by atoms with Crippen LogP contribution in [0.3, 0.4) is 0 Å². The van der Waals surface area contributed by atoms with Gasteiger partial charge in [-0.1, -0.05) is 22.0 Å². The molecule has 1 aliphatic rings. The molecule has 1 fully saturated rings. The van der Waals surface area contributed by atoms with Crippen LogP contribution in [0.5, 0.6) is 0 Å². The fourth-order valence-corrected chi connectivity index (χ4v) is 2.90. The maximum absolute atomic E-state index is 13.0. The van der Waals surface area contributed by atoms with Crippen molar-refractivity contribution >= 4 is 44.9 Å². The van der Waals surface area contributed by atoms with Gasteiger partial charge in [-0.05, 0) is 35.5 Å². The van der Waals surface area contributed by atoms with Crippen molar-refractivity contribution in [3.63, 3.8) is 0 Å². The van der Waals surface area contributed by atoms with E-state index in [-0.39, 0.29) is 30.1 Å². The zero-order valence-corrected chi connectivity index (χ0v) is 12.1. The second kappa shape index (κ2) is 5.85. The first-order valence-electron chi connectivity index (χ1n) is 5.43. The normalized spacial score (nSPS) is 17.6. The van der Waals surface area contributed by atoms with Gasteiger partial charge in [0.05, 0.1) is 4.91 Å². The molecule has 7 heteroatoms. The predicted octanol–water partition coefficient (Wildman–Crippen LogP) is 2.58. The number of benzene rings is 1. The highest BCUT2D eigenvalue weighted by Crippen LogP contribution is 2.33. The van der Waals surface area contributed by atoms with Crippen molar-refractivity contribution < 1.29 is 14.0 Å². The van der Waals surface area contributed by atoms with Crippen molar-refractivity contribution in [2.75, 3.05) is 13.1 Å². The van der Waals surface area contributed by atoms with Gasteiger partial charge in [0.25, 0.3) is 11.1 Å². The standard InChI is InChI=1S/C12H10BrFN2O2S/c13-9-6-8(14)2-1-7(9)5-10-11(17)16(4-3-15)12(18)19-10/h1-2,5-6H,3-4,15H2/b10-5-. The van der Waals surface area contributed by atoms with Crippen LogP contribution >= 0.6 is 27.7 Å². The number of amides is 2. The highest BCUT2D eigenvalue weighted by molar-refractivity contribution is 9.10. The largest absolute Gasteiger partial charge is 0.329 e. The summed E-state index contributed by atoms with van der Waals surface area (Å²) in [4.78, 5) is 25.0. The Balaban J connectivity index is 2.30. The topological polar surface area (TPSA) is 63.4 Å². The first-order valence-corrected chi connectivity index (χ1v) is 7.04. The minimum Gasteiger partial charge on any atom is -0.329 e. The van der Waals surface area contributed by atoms with Crippen molar-refractivity contribution in [2.45, 2.75) is 0 Å². The summed E-state index contributed by atoms with van der Waals surface area (Å²) < 4.78 is 13.5. The molecule has 2 rings (SSSR count). The molecule has 1 saturated heterocycles. The van der Waals surface area contributed by atoms with E-state index >= 15 is 0 Å². The molecule has 0 aliphatic carbocycles. The monoisotopic (exact) mass is 344 g/mol. The number of imide groups is 1. The molecule has 0 radical (unpaired) electrons. The van der Waals surface area contributed by atoms with Crippen LogP contribution in [0.15, 0.2) is 27.6 Å². The molecule has 0 spiro atoms. The molecule has 0 saturated carbocycles. The Morgan fingerprint density at radius 1 is 1.42 bits per heavy atom. The molecule has 0 unspecified atom stereocenters. The van der Waals surface area contributed by atoms with Crippen molar-refractivity contribution in [1.82, 2.24) is 4.90 Å². The van der Waals surface area contributed by atoms with Crippen molar-refractivity contribution in [2.24, 2.45) is 5.73 Å². The van der Waals surface area contributed by atoms with Crippen LogP contribution < -0.4 is 5.73 Å². The maximum atomic E-state index is 13.0. The Labute approximate surface area is 122 Å². The average molecular weight is 345 g/mol. The van der Waals surface area contributed by atoms with E-state index in [1.54, 1.807) is 6.08 Å². The van der Waals surface area contributed by atoms with Gasteiger partial charge in [-0.2, -0.15) is 0 Å². The van der Waals surface area contributed by atoms with Gasteiger partial charge in [0.2, 0.25) is 0 Å². The Morgan fingerprint density at radius 3 is 2.79 bits per heavy atom. The van der Waals surface area contributed by atoms with Crippen molar-refractivity contribution in [3.8, 4) is 0 Å². The van der Waals surface area contributed by atoms with Gasteiger partial charge in [-0.25, -0.2) is 4.39 Å². The number of nitrogens with two attached hydrogens (primary N) is 1. The second-order valence-electron chi connectivity index (χ2n) is 3.79. The smallest absolute Gasteiger partial charge is 0.293 e. The van der Waals surface area contributed by atoms with E-state index in [1.807, 2.05) is 0 Å². The van der Waals surface area contributed by atoms with Crippen LogP contribution in [0.1, 0.15) is 5.56 Å². The van der Waals surface area contributed by atoms with Gasteiger partial charge in [0.15, 0.2) is 0 Å². The van der Waals surface area contributed by atoms with Gasteiger partial charge in [-0.15, -0.1) is 0 Å². The van der Waals surface area contributed by atoms with E-state index in [1.165, 1.54) is 18.2 Å². The Kier molecular flexibility index (Phi) is 4.38. The third-order valence-electron chi connectivity index (χ3n) is 2.48. The van der Waals surface area contributed by atoms with Gasteiger partial charge >= 0.3 is 0 Å². The summed E-state index contributed by atoms with van der Waals surface area (Å²) in [5.74, 6) is -0.739. The summed E-state index contributed by atoms with van der Waals surface area (Å²) in [6, 6.07) is 4.13. The van der Waals surface area contributed by atoms with E-state index in [9.17, 15) is 14.0 Å². The van der Waals surface area contributed by atoms with Gasteiger partial charge in [-0.3, -0.25) is 14.5 Å². The summed E-state index contributed by atoms with van der Waals surface area (Å²) in [6.45, 7) is 0.429.